The van der Waals surface area contributed by atoms with Gasteiger partial charge in [-0.25, -0.2) is 4.39 Å². The van der Waals surface area contributed by atoms with Crippen LogP contribution in [0.3, 0.4) is 0 Å². The second kappa shape index (κ2) is 6.10. The van der Waals surface area contributed by atoms with Crippen LogP contribution in [-0.4, -0.2) is 5.11 Å². The van der Waals surface area contributed by atoms with Crippen molar-refractivity contribution < 1.29 is 9.50 Å². The van der Waals surface area contributed by atoms with Crippen LogP contribution in [0.15, 0.2) is 36.4 Å². The van der Waals surface area contributed by atoms with Crippen molar-refractivity contribution in [3.8, 4) is 0 Å². The number of aliphatic hydroxyl groups excluding tert-OH is 1. The summed E-state index contributed by atoms with van der Waals surface area (Å²) in [5.74, 6) is -0.560. The fourth-order valence-corrected chi connectivity index (χ4v) is 2.25. The van der Waals surface area contributed by atoms with Gasteiger partial charge in [0.15, 0.2) is 0 Å². The molecule has 0 fully saturated rings. The molecule has 1 atom stereocenters. The zero-order chi connectivity index (χ0) is 14.0. The van der Waals surface area contributed by atoms with E-state index in [2.05, 4.69) is 0 Å². The van der Waals surface area contributed by atoms with Crippen LogP contribution in [0.2, 0.25) is 15.1 Å². The van der Waals surface area contributed by atoms with Gasteiger partial charge in [0.1, 0.15) is 5.82 Å². The highest BCUT2D eigenvalue weighted by Crippen LogP contribution is 2.27. The van der Waals surface area contributed by atoms with Gasteiger partial charge in [0, 0.05) is 16.5 Å². The highest BCUT2D eigenvalue weighted by molar-refractivity contribution is 6.33. The highest BCUT2D eigenvalue weighted by atomic mass is 35.5. The van der Waals surface area contributed by atoms with E-state index in [0.717, 1.165) is 0 Å². The lowest BCUT2D eigenvalue weighted by molar-refractivity contribution is 0.178. The normalized spacial score (nSPS) is 12.5. The van der Waals surface area contributed by atoms with E-state index in [1.807, 2.05) is 0 Å². The average Bonchev–Trinajstić information content (AvgIpc) is 2.37. The van der Waals surface area contributed by atoms with Gasteiger partial charge in [-0.1, -0.05) is 40.9 Å². The zero-order valence-corrected chi connectivity index (χ0v) is 12.0. The summed E-state index contributed by atoms with van der Waals surface area (Å²) in [6.07, 6.45) is -0.622. The topological polar surface area (TPSA) is 20.2 Å². The second-order valence-corrected chi connectivity index (χ2v) is 5.38. The Hall–Kier alpha value is -0.800. The summed E-state index contributed by atoms with van der Waals surface area (Å²) in [6, 6.07) is 9.21. The van der Waals surface area contributed by atoms with Gasteiger partial charge in [-0.05, 0) is 41.5 Å². The molecule has 1 N–H and O–H groups in total. The van der Waals surface area contributed by atoms with Crippen molar-refractivity contribution in [2.45, 2.75) is 12.5 Å². The first-order valence-electron chi connectivity index (χ1n) is 5.54. The molecule has 100 valence electrons. The molecular weight excluding hydrogens is 310 g/mol. The summed E-state index contributed by atoms with van der Waals surface area (Å²) in [4.78, 5) is 0. The van der Waals surface area contributed by atoms with Gasteiger partial charge in [0.25, 0.3) is 0 Å². The lowest BCUT2D eigenvalue weighted by Gasteiger charge is -2.13. The SMILES string of the molecule is OC(Cc1cc(Cl)ccc1Cl)c1ccc(Cl)c(F)c1. The minimum absolute atomic E-state index is 0.0248. The smallest absolute Gasteiger partial charge is 0.142 e. The quantitative estimate of drug-likeness (QED) is 0.838. The molecule has 1 unspecified atom stereocenters. The number of rotatable bonds is 3. The predicted molar refractivity (Wildman–Crippen MR) is 76.5 cm³/mol. The summed E-state index contributed by atoms with van der Waals surface area (Å²) in [6.45, 7) is 0. The molecule has 0 aliphatic carbocycles. The first kappa shape index (κ1) is 14.6. The van der Waals surface area contributed by atoms with Crippen LogP contribution < -0.4 is 0 Å². The number of halogens is 4. The van der Waals surface area contributed by atoms with Crippen molar-refractivity contribution in [1.29, 1.82) is 0 Å². The molecule has 0 radical (unpaired) electrons. The van der Waals surface area contributed by atoms with Crippen LogP contribution in [0.4, 0.5) is 4.39 Å². The second-order valence-electron chi connectivity index (χ2n) is 4.13. The maximum atomic E-state index is 13.3. The third-order valence-electron chi connectivity index (χ3n) is 2.75. The molecule has 0 heterocycles. The van der Waals surface area contributed by atoms with Crippen LogP contribution in [0.5, 0.6) is 0 Å². The number of benzene rings is 2. The molecule has 0 bridgehead atoms. The Bertz CT molecular complexity index is 601. The van der Waals surface area contributed by atoms with Crippen molar-refractivity contribution >= 4 is 34.8 Å². The van der Waals surface area contributed by atoms with E-state index in [1.54, 1.807) is 24.3 Å². The van der Waals surface area contributed by atoms with Gasteiger partial charge in [0.2, 0.25) is 0 Å². The van der Waals surface area contributed by atoms with E-state index in [1.165, 1.54) is 12.1 Å². The van der Waals surface area contributed by atoms with Crippen molar-refractivity contribution in [1.82, 2.24) is 0 Å². The van der Waals surface area contributed by atoms with Gasteiger partial charge in [-0.15, -0.1) is 0 Å². The molecule has 0 amide bonds. The Balaban J connectivity index is 2.22. The Morgan fingerprint density at radius 1 is 1.00 bits per heavy atom. The van der Waals surface area contributed by atoms with Gasteiger partial charge >= 0.3 is 0 Å². The van der Waals surface area contributed by atoms with E-state index < -0.39 is 11.9 Å². The third kappa shape index (κ3) is 3.61. The van der Waals surface area contributed by atoms with Crippen molar-refractivity contribution in [3.63, 3.8) is 0 Å². The maximum Gasteiger partial charge on any atom is 0.142 e. The standard InChI is InChI=1S/C14H10Cl3FO/c15-10-2-4-11(16)9(5-10)7-14(19)8-1-3-12(17)13(18)6-8/h1-6,14,19H,7H2. The van der Waals surface area contributed by atoms with E-state index in [4.69, 9.17) is 34.8 Å². The van der Waals surface area contributed by atoms with Crippen molar-refractivity contribution in [2.24, 2.45) is 0 Å². The summed E-state index contributed by atoms with van der Waals surface area (Å²) < 4.78 is 13.3. The Morgan fingerprint density at radius 3 is 2.37 bits per heavy atom. The molecule has 0 aliphatic heterocycles. The largest absolute Gasteiger partial charge is 0.388 e. The fourth-order valence-electron chi connectivity index (χ4n) is 1.75. The molecule has 0 saturated heterocycles. The predicted octanol–water partition coefficient (Wildman–Crippen LogP) is 5.06. The van der Waals surface area contributed by atoms with Crippen molar-refractivity contribution in [2.75, 3.05) is 0 Å². The van der Waals surface area contributed by atoms with E-state index in [0.29, 0.717) is 21.2 Å². The first-order valence-corrected chi connectivity index (χ1v) is 6.67. The lowest BCUT2D eigenvalue weighted by atomic mass is 10.0. The van der Waals surface area contributed by atoms with Gasteiger partial charge in [-0.2, -0.15) is 0 Å². The highest BCUT2D eigenvalue weighted by Gasteiger charge is 2.13. The monoisotopic (exact) mass is 318 g/mol. The average molecular weight is 320 g/mol. The Kier molecular flexibility index (Phi) is 4.69. The minimum atomic E-state index is -0.872. The number of hydrogen-bond acceptors (Lipinski definition) is 1. The maximum absolute atomic E-state index is 13.3. The Labute approximate surface area is 125 Å². The minimum Gasteiger partial charge on any atom is -0.388 e. The number of hydrogen-bond donors (Lipinski definition) is 1. The molecule has 1 nitrogen and oxygen atoms in total. The molecule has 2 rings (SSSR count). The molecule has 0 saturated carbocycles. The molecule has 0 aliphatic rings. The Morgan fingerprint density at radius 2 is 1.68 bits per heavy atom. The lowest BCUT2D eigenvalue weighted by Crippen LogP contribution is -2.03. The van der Waals surface area contributed by atoms with Crippen LogP contribution in [0.1, 0.15) is 17.2 Å². The van der Waals surface area contributed by atoms with Gasteiger partial charge < -0.3 is 5.11 Å². The molecule has 19 heavy (non-hydrogen) atoms. The van der Waals surface area contributed by atoms with Crippen LogP contribution in [-0.2, 0) is 6.42 Å². The van der Waals surface area contributed by atoms with E-state index in [9.17, 15) is 9.50 Å². The molecule has 2 aromatic carbocycles. The van der Waals surface area contributed by atoms with E-state index >= 15 is 0 Å². The van der Waals surface area contributed by atoms with Crippen LogP contribution in [0, 0.1) is 5.82 Å². The third-order valence-corrected chi connectivity index (χ3v) is 3.66. The van der Waals surface area contributed by atoms with E-state index in [-0.39, 0.29) is 11.4 Å². The zero-order valence-electron chi connectivity index (χ0n) is 9.71. The van der Waals surface area contributed by atoms with Crippen molar-refractivity contribution in [3.05, 3.63) is 68.4 Å². The summed E-state index contributed by atoms with van der Waals surface area (Å²) in [7, 11) is 0. The van der Waals surface area contributed by atoms with Crippen LogP contribution >= 0.6 is 34.8 Å². The summed E-state index contributed by atoms with van der Waals surface area (Å²) in [5, 5.41) is 11.2. The summed E-state index contributed by atoms with van der Waals surface area (Å²) in [5.41, 5.74) is 1.15. The first-order chi connectivity index (χ1) is 8.97. The molecule has 0 spiro atoms. The van der Waals surface area contributed by atoms with Gasteiger partial charge in [-0.3, -0.25) is 0 Å². The van der Waals surface area contributed by atoms with Gasteiger partial charge in [0.05, 0.1) is 11.1 Å². The molecule has 2 aromatic rings. The molecule has 0 aromatic heterocycles. The van der Waals surface area contributed by atoms with Crippen LogP contribution in [0.25, 0.3) is 0 Å². The number of aliphatic hydroxyl groups is 1. The molecule has 5 heteroatoms. The summed E-state index contributed by atoms with van der Waals surface area (Å²) >= 11 is 17.5. The molecular formula is C14H10Cl3FO. The fraction of sp³-hybridized carbons (Fsp3) is 0.143.